The van der Waals surface area contributed by atoms with Gasteiger partial charge in [0.05, 0.1) is 5.52 Å². The quantitative estimate of drug-likeness (QED) is 0.501. The molecule has 0 spiro atoms. The van der Waals surface area contributed by atoms with Gasteiger partial charge in [0.1, 0.15) is 5.78 Å². The minimum Gasteiger partial charge on any atom is -0.299 e. The molecule has 0 fully saturated rings. The topological polar surface area (TPSA) is 30.0 Å². The molecule has 0 amide bonds. The number of carbonyl (C=O) groups is 1. The summed E-state index contributed by atoms with van der Waals surface area (Å²) < 4.78 is 26.7. The molecule has 0 bridgehead atoms. The van der Waals surface area contributed by atoms with E-state index in [0.717, 1.165) is 33.3 Å². The van der Waals surface area contributed by atoms with E-state index in [1.807, 2.05) is 55.5 Å². The number of halogens is 2. The predicted octanol–water partition coefficient (Wildman–Crippen LogP) is 6.15. The Labute approximate surface area is 158 Å². The summed E-state index contributed by atoms with van der Waals surface area (Å²) in [6, 6.07) is 17.8. The van der Waals surface area contributed by atoms with Crippen LogP contribution in [0.25, 0.3) is 22.0 Å². The minimum atomic E-state index is -2.76. The number of ketones is 1. The van der Waals surface area contributed by atoms with Crippen molar-refractivity contribution >= 4 is 16.7 Å². The summed E-state index contributed by atoms with van der Waals surface area (Å²) in [7, 11) is 0. The summed E-state index contributed by atoms with van der Waals surface area (Å²) in [4.78, 5) is 16.8. The van der Waals surface area contributed by atoms with E-state index in [2.05, 4.69) is 11.1 Å². The molecule has 0 radical (unpaired) electrons. The van der Waals surface area contributed by atoms with E-state index in [1.165, 1.54) is 6.92 Å². The molecule has 4 heteroatoms. The summed E-state index contributed by atoms with van der Waals surface area (Å²) in [6.07, 6.45) is -0.539. The van der Waals surface area contributed by atoms with E-state index in [0.29, 0.717) is 0 Å². The molecule has 140 valence electrons. The number of nitrogens with zero attached hydrogens (tertiary/aromatic N) is 1. The number of aryl methyl sites for hydroxylation is 1. The van der Waals surface area contributed by atoms with Gasteiger partial charge in [-0.2, -0.15) is 0 Å². The Bertz CT molecular complexity index is 951. The van der Waals surface area contributed by atoms with Crippen molar-refractivity contribution in [2.75, 3.05) is 0 Å². The Morgan fingerprint density at radius 1 is 1.07 bits per heavy atom. The SMILES string of the molecule is CCC(F)(F)CCC(=O)Cc1ccc2nc(C)c(-c3ccccc3)cc2c1. The van der Waals surface area contributed by atoms with Gasteiger partial charge in [-0.15, -0.1) is 0 Å². The first-order valence-electron chi connectivity index (χ1n) is 9.23. The monoisotopic (exact) mass is 367 g/mol. The molecule has 0 N–H and O–H groups in total. The van der Waals surface area contributed by atoms with Crippen molar-refractivity contribution in [1.82, 2.24) is 4.98 Å². The zero-order valence-electron chi connectivity index (χ0n) is 15.6. The lowest BCUT2D eigenvalue weighted by molar-refractivity contribution is -0.120. The van der Waals surface area contributed by atoms with Crippen molar-refractivity contribution in [3.05, 3.63) is 65.9 Å². The fraction of sp³-hybridized carbons (Fsp3) is 0.304. The molecule has 0 saturated carbocycles. The van der Waals surface area contributed by atoms with Crippen molar-refractivity contribution in [2.45, 2.75) is 45.5 Å². The number of hydrogen-bond donors (Lipinski definition) is 0. The third-order valence-electron chi connectivity index (χ3n) is 4.84. The van der Waals surface area contributed by atoms with E-state index >= 15 is 0 Å². The van der Waals surface area contributed by atoms with Crippen molar-refractivity contribution in [2.24, 2.45) is 0 Å². The largest absolute Gasteiger partial charge is 0.299 e. The molecule has 0 atom stereocenters. The van der Waals surface area contributed by atoms with Gasteiger partial charge in [0, 0.05) is 42.3 Å². The zero-order chi connectivity index (χ0) is 19.4. The molecule has 0 unspecified atom stereocenters. The number of carbonyl (C=O) groups excluding carboxylic acids is 1. The first-order chi connectivity index (χ1) is 12.9. The second-order valence-corrected chi connectivity index (χ2v) is 6.94. The number of Topliss-reactive ketones (excluding diaryl/α,β-unsaturated/α-hetero) is 1. The van der Waals surface area contributed by atoms with Gasteiger partial charge in [-0.3, -0.25) is 9.78 Å². The van der Waals surface area contributed by atoms with Crippen LogP contribution in [-0.2, 0) is 11.2 Å². The third-order valence-corrected chi connectivity index (χ3v) is 4.84. The second kappa shape index (κ2) is 7.95. The smallest absolute Gasteiger partial charge is 0.248 e. The normalized spacial score (nSPS) is 11.7. The summed E-state index contributed by atoms with van der Waals surface area (Å²) in [5.74, 6) is -2.92. The van der Waals surface area contributed by atoms with Gasteiger partial charge in [0.2, 0.25) is 5.92 Å². The molecule has 1 aromatic heterocycles. The summed E-state index contributed by atoms with van der Waals surface area (Å²) >= 11 is 0. The number of benzene rings is 2. The van der Waals surface area contributed by atoms with Gasteiger partial charge < -0.3 is 0 Å². The number of hydrogen-bond acceptors (Lipinski definition) is 2. The van der Waals surface area contributed by atoms with Crippen molar-refractivity contribution < 1.29 is 13.6 Å². The van der Waals surface area contributed by atoms with Crippen LogP contribution in [0.5, 0.6) is 0 Å². The molecule has 1 heterocycles. The molecule has 2 nitrogen and oxygen atoms in total. The third kappa shape index (κ3) is 4.76. The number of pyridine rings is 1. The molecule has 2 aromatic carbocycles. The number of aromatic nitrogens is 1. The highest BCUT2D eigenvalue weighted by Gasteiger charge is 2.26. The first kappa shape index (κ1) is 19.2. The maximum atomic E-state index is 13.3. The Morgan fingerprint density at radius 3 is 2.52 bits per heavy atom. The van der Waals surface area contributed by atoms with Gasteiger partial charge in [-0.1, -0.05) is 43.3 Å². The molecule has 0 aliphatic rings. The van der Waals surface area contributed by atoms with Gasteiger partial charge in [0.15, 0.2) is 0 Å². The van der Waals surface area contributed by atoms with E-state index in [1.54, 1.807) is 0 Å². The highest BCUT2D eigenvalue weighted by Crippen LogP contribution is 2.27. The molecule has 0 aliphatic carbocycles. The lowest BCUT2D eigenvalue weighted by Gasteiger charge is -2.13. The van der Waals surface area contributed by atoms with E-state index in [-0.39, 0.29) is 31.5 Å². The van der Waals surface area contributed by atoms with Crippen molar-refractivity contribution in [1.29, 1.82) is 0 Å². The minimum absolute atomic E-state index is 0.0969. The van der Waals surface area contributed by atoms with Crippen molar-refractivity contribution in [3.8, 4) is 11.1 Å². The predicted molar refractivity (Wildman–Crippen MR) is 105 cm³/mol. The molecule has 3 rings (SSSR count). The van der Waals surface area contributed by atoms with Crippen LogP contribution in [-0.4, -0.2) is 16.7 Å². The lowest BCUT2D eigenvalue weighted by atomic mass is 9.98. The Balaban J connectivity index is 1.82. The Hall–Kier alpha value is -2.62. The van der Waals surface area contributed by atoms with Gasteiger partial charge in [-0.05, 0) is 36.2 Å². The van der Waals surface area contributed by atoms with Gasteiger partial charge in [-0.25, -0.2) is 8.78 Å². The number of rotatable bonds is 7. The van der Waals surface area contributed by atoms with Crippen LogP contribution in [0.1, 0.15) is 37.4 Å². The molecule has 3 aromatic rings. The average molecular weight is 367 g/mol. The highest BCUT2D eigenvalue weighted by molar-refractivity contribution is 5.87. The standard InChI is InChI=1S/C23H23F2NO/c1-3-23(24,25)12-11-20(27)14-17-9-10-22-19(13-17)15-21(16(2)26-22)18-7-5-4-6-8-18/h4-10,13,15H,3,11-12,14H2,1-2H3. The number of fused-ring (bicyclic) bond motifs is 1. The maximum Gasteiger partial charge on any atom is 0.248 e. The van der Waals surface area contributed by atoms with Crippen LogP contribution in [0.15, 0.2) is 54.6 Å². The first-order valence-corrected chi connectivity index (χ1v) is 9.23. The second-order valence-electron chi connectivity index (χ2n) is 6.94. The van der Waals surface area contributed by atoms with E-state index in [4.69, 9.17) is 0 Å². The fourth-order valence-corrected chi connectivity index (χ4v) is 3.16. The van der Waals surface area contributed by atoms with Crippen LogP contribution in [0.2, 0.25) is 0 Å². The fourth-order valence-electron chi connectivity index (χ4n) is 3.16. The van der Waals surface area contributed by atoms with Crippen molar-refractivity contribution in [3.63, 3.8) is 0 Å². The average Bonchev–Trinajstić information content (AvgIpc) is 2.67. The lowest BCUT2D eigenvalue weighted by Crippen LogP contribution is -2.16. The number of alkyl halides is 2. The van der Waals surface area contributed by atoms with E-state index < -0.39 is 5.92 Å². The molecular weight excluding hydrogens is 344 g/mol. The van der Waals surface area contributed by atoms with Crippen LogP contribution in [0.3, 0.4) is 0 Å². The molecule has 27 heavy (non-hydrogen) atoms. The van der Waals surface area contributed by atoms with Gasteiger partial charge in [0.25, 0.3) is 0 Å². The van der Waals surface area contributed by atoms with Crippen LogP contribution in [0, 0.1) is 6.92 Å². The molecule has 0 aliphatic heterocycles. The van der Waals surface area contributed by atoms with Crippen LogP contribution in [0.4, 0.5) is 8.78 Å². The van der Waals surface area contributed by atoms with E-state index in [9.17, 15) is 13.6 Å². The summed E-state index contributed by atoms with van der Waals surface area (Å²) in [5.41, 5.74) is 4.78. The summed E-state index contributed by atoms with van der Waals surface area (Å²) in [6.45, 7) is 3.42. The van der Waals surface area contributed by atoms with Crippen LogP contribution >= 0.6 is 0 Å². The maximum absolute atomic E-state index is 13.3. The molecular formula is C23H23F2NO. The van der Waals surface area contributed by atoms with Gasteiger partial charge >= 0.3 is 0 Å². The Morgan fingerprint density at radius 2 is 1.81 bits per heavy atom. The highest BCUT2D eigenvalue weighted by atomic mass is 19.3. The summed E-state index contributed by atoms with van der Waals surface area (Å²) in [5, 5.41) is 0.948. The zero-order valence-corrected chi connectivity index (χ0v) is 15.6. The van der Waals surface area contributed by atoms with Crippen LogP contribution < -0.4 is 0 Å². The molecule has 0 saturated heterocycles. The Kier molecular flexibility index (Phi) is 5.64.